The molecule has 0 amide bonds. The normalized spacial score (nSPS) is 20.8. The van der Waals surface area contributed by atoms with Crippen LogP contribution in [-0.4, -0.2) is 6.10 Å². The maximum Gasteiger partial charge on any atom is 0.336 e. The van der Waals surface area contributed by atoms with E-state index in [4.69, 9.17) is 20.8 Å². The molecule has 1 atom stereocenters. The van der Waals surface area contributed by atoms with Crippen LogP contribution in [0.5, 0.6) is 5.75 Å². The Morgan fingerprint density at radius 3 is 2.95 bits per heavy atom. The molecule has 0 aliphatic heterocycles. The van der Waals surface area contributed by atoms with Crippen molar-refractivity contribution < 1.29 is 9.15 Å². The van der Waals surface area contributed by atoms with Crippen molar-refractivity contribution in [2.75, 3.05) is 0 Å². The number of allylic oxidation sites excluding steroid dienone is 1. The third-order valence-electron chi connectivity index (χ3n) is 3.94. The summed E-state index contributed by atoms with van der Waals surface area (Å²) in [5.41, 5.74) is 2.30. The first-order valence-corrected chi connectivity index (χ1v) is 7.49. The molecule has 0 saturated heterocycles. The number of hydrogen-bond acceptors (Lipinski definition) is 3. The molecule has 1 aromatic heterocycles. The molecule has 110 valence electrons. The first kappa shape index (κ1) is 14.2. The van der Waals surface area contributed by atoms with E-state index in [0.29, 0.717) is 11.3 Å². The van der Waals surface area contributed by atoms with Crippen LogP contribution in [0.1, 0.15) is 31.7 Å². The predicted octanol–water partition coefficient (Wildman–Crippen LogP) is 4.55. The summed E-state index contributed by atoms with van der Waals surface area (Å²) < 4.78 is 11.3. The summed E-state index contributed by atoms with van der Waals surface area (Å²) in [6.45, 7) is 3.80. The Morgan fingerprint density at radius 2 is 2.19 bits per heavy atom. The molecule has 1 aliphatic rings. The largest absolute Gasteiger partial charge is 0.486 e. The van der Waals surface area contributed by atoms with Gasteiger partial charge in [-0.25, -0.2) is 4.79 Å². The third kappa shape index (κ3) is 2.84. The molecule has 0 spiro atoms. The van der Waals surface area contributed by atoms with Crippen LogP contribution in [0.4, 0.5) is 0 Å². The molecule has 0 N–H and O–H groups in total. The highest BCUT2D eigenvalue weighted by Crippen LogP contribution is 2.33. The van der Waals surface area contributed by atoms with Crippen LogP contribution >= 0.6 is 11.6 Å². The fourth-order valence-corrected chi connectivity index (χ4v) is 3.10. The summed E-state index contributed by atoms with van der Waals surface area (Å²) in [7, 11) is 0. The van der Waals surface area contributed by atoms with Gasteiger partial charge in [0.1, 0.15) is 17.4 Å². The van der Waals surface area contributed by atoms with Crippen LogP contribution in [-0.2, 0) is 0 Å². The van der Waals surface area contributed by atoms with E-state index in [2.05, 4.69) is 0 Å². The Labute approximate surface area is 128 Å². The van der Waals surface area contributed by atoms with Crippen molar-refractivity contribution in [2.24, 2.45) is 0 Å². The van der Waals surface area contributed by atoms with Gasteiger partial charge < -0.3 is 9.15 Å². The van der Waals surface area contributed by atoms with Gasteiger partial charge >= 0.3 is 5.63 Å². The van der Waals surface area contributed by atoms with Crippen molar-refractivity contribution >= 4 is 22.6 Å². The van der Waals surface area contributed by atoms with E-state index in [1.54, 1.807) is 6.07 Å². The van der Waals surface area contributed by atoms with Gasteiger partial charge in [0.2, 0.25) is 0 Å². The first-order chi connectivity index (χ1) is 10.0. The van der Waals surface area contributed by atoms with Crippen molar-refractivity contribution in [3.63, 3.8) is 0 Å². The zero-order valence-electron chi connectivity index (χ0n) is 12.1. The van der Waals surface area contributed by atoms with E-state index in [1.807, 2.05) is 26.0 Å². The van der Waals surface area contributed by atoms with Gasteiger partial charge in [0.15, 0.2) is 0 Å². The average Bonchev–Trinajstić information content (AvgIpc) is 2.86. The van der Waals surface area contributed by atoms with Crippen molar-refractivity contribution in [1.82, 2.24) is 0 Å². The minimum Gasteiger partial charge on any atom is -0.486 e. The van der Waals surface area contributed by atoms with Crippen LogP contribution in [0.2, 0.25) is 0 Å². The minimum absolute atomic E-state index is 0.0245. The average molecular weight is 305 g/mol. The van der Waals surface area contributed by atoms with Crippen LogP contribution in [0.25, 0.3) is 11.0 Å². The number of ether oxygens (including phenoxy) is 1. The van der Waals surface area contributed by atoms with Gasteiger partial charge in [-0.2, -0.15) is 0 Å². The highest BCUT2D eigenvalue weighted by Gasteiger charge is 2.24. The SMILES string of the molecule is C/C(Cl)=C1\CCC[C@@H]1Oc1ccc2c(C)cc(=O)oc2c1. The number of rotatable bonds is 2. The van der Waals surface area contributed by atoms with Gasteiger partial charge in [-0.1, -0.05) is 11.6 Å². The van der Waals surface area contributed by atoms with E-state index >= 15 is 0 Å². The van der Waals surface area contributed by atoms with E-state index in [0.717, 1.165) is 35.2 Å². The molecule has 1 fully saturated rings. The number of aryl methyl sites for hydroxylation is 1. The topological polar surface area (TPSA) is 39.4 Å². The van der Waals surface area contributed by atoms with E-state index in [1.165, 1.54) is 11.6 Å². The molecule has 3 rings (SSSR count). The monoisotopic (exact) mass is 304 g/mol. The van der Waals surface area contributed by atoms with Crippen LogP contribution in [0, 0.1) is 6.92 Å². The molecule has 0 bridgehead atoms. The number of fused-ring (bicyclic) bond motifs is 1. The van der Waals surface area contributed by atoms with Crippen molar-refractivity contribution in [1.29, 1.82) is 0 Å². The maximum absolute atomic E-state index is 11.5. The van der Waals surface area contributed by atoms with Crippen molar-refractivity contribution in [2.45, 2.75) is 39.2 Å². The second-order valence-corrected chi connectivity index (χ2v) is 6.03. The predicted molar refractivity (Wildman–Crippen MR) is 84.0 cm³/mol. The third-order valence-corrected chi connectivity index (χ3v) is 4.19. The lowest BCUT2D eigenvalue weighted by Gasteiger charge is -2.16. The first-order valence-electron chi connectivity index (χ1n) is 7.11. The van der Waals surface area contributed by atoms with Gasteiger partial charge in [-0.3, -0.25) is 0 Å². The Bertz CT molecular complexity index is 769. The van der Waals surface area contributed by atoms with Gasteiger partial charge in [-0.05, 0) is 56.4 Å². The number of hydrogen-bond donors (Lipinski definition) is 0. The van der Waals surface area contributed by atoms with E-state index in [9.17, 15) is 4.79 Å². The van der Waals surface area contributed by atoms with E-state index < -0.39 is 0 Å². The Balaban J connectivity index is 1.95. The zero-order chi connectivity index (χ0) is 15.0. The standard InChI is InChI=1S/C17H17ClO3/c1-10-8-17(19)21-16-9-12(6-7-13(10)16)20-15-5-3-4-14(15)11(2)18/h6-9,15H,3-5H2,1-2H3/b14-11-/t15-/m0/s1. The molecular weight excluding hydrogens is 288 g/mol. The Hall–Kier alpha value is -1.74. The molecular formula is C17H17ClO3. The lowest BCUT2D eigenvalue weighted by Crippen LogP contribution is -2.14. The van der Waals surface area contributed by atoms with Gasteiger partial charge in [0, 0.05) is 22.6 Å². The molecule has 0 unspecified atom stereocenters. The van der Waals surface area contributed by atoms with Crippen molar-refractivity contribution in [3.05, 3.63) is 50.9 Å². The Kier molecular flexibility index (Phi) is 3.77. The summed E-state index contributed by atoms with van der Waals surface area (Å²) in [6.07, 6.45) is 3.07. The maximum atomic E-state index is 11.5. The van der Waals surface area contributed by atoms with E-state index in [-0.39, 0.29) is 11.7 Å². The smallest absolute Gasteiger partial charge is 0.336 e. The minimum atomic E-state index is -0.338. The molecule has 1 heterocycles. The molecule has 1 saturated carbocycles. The fourth-order valence-electron chi connectivity index (χ4n) is 2.88. The summed E-state index contributed by atoms with van der Waals surface area (Å²) in [4.78, 5) is 11.5. The highest BCUT2D eigenvalue weighted by atomic mass is 35.5. The van der Waals surface area contributed by atoms with Gasteiger partial charge in [0.05, 0.1) is 0 Å². The summed E-state index contributed by atoms with van der Waals surface area (Å²) in [6, 6.07) is 7.12. The lowest BCUT2D eigenvalue weighted by molar-refractivity contribution is 0.243. The number of benzene rings is 1. The molecule has 3 nitrogen and oxygen atoms in total. The molecule has 1 aliphatic carbocycles. The van der Waals surface area contributed by atoms with Gasteiger partial charge in [-0.15, -0.1) is 0 Å². The number of halogens is 1. The second kappa shape index (κ2) is 5.57. The quantitative estimate of drug-likeness (QED) is 0.764. The van der Waals surface area contributed by atoms with Crippen molar-refractivity contribution in [3.8, 4) is 5.75 Å². The van der Waals surface area contributed by atoms with Crippen LogP contribution in [0.3, 0.4) is 0 Å². The molecule has 0 radical (unpaired) electrons. The zero-order valence-corrected chi connectivity index (χ0v) is 12.9. The summed E-state index contributed by atoms with van der Waals surface area (Å²) >= 11 is 6.12. The summed E-state index contributed by atoms with van der Waals surface area (Å²) in [5, 5.41) is 1.75. The Morgan fingerprint density at radius 1 is 1.38 bits per heavy atom. The molecule has 1 aromatic carbocycles. The molecule has 21 heavy (non-hydrogen) atoms. The van der Waals surface area contributed by atoms with Crippen LogP contribution in [0.15, 0.2) is 44.1 Å². The highest BCUT2D eigenvalue weighted by molar-refractivity contribution is 6.29. The second-order valence-electron chi connectivity index (χ2n) is 5.46. The fraction of sp³-hybridized carbons (Fsp3) is 0.353. The van der Waals surface area contributed by atoms with Crippen LogP contribution < -0.4 is 10.4 Å². The van der Waals surface area contributed by atoms with Gasteiger partial charge in [0.25, 0.3) is 0 Å². The summed E-state index contributed by atoms with van der Waals surface area (Å²) in [5.74, 6) is 0.707. The molecule has 2 aromatic rings. The lowest BCUT2D eigenvalue weighted by atomic mass is 10.1. The molecule has 4 heteroatoms.